The molecular weight excluding hydrogens is 218 g/mol. The monoisotopic (exact) mass is 237 g/mol. The van der Waals surface area contributed by atoms with Crippen LogP contribution in [-0.2, 0) is 6.42 Å². The van der Waals surface area contributed by atoms with Gasteiger partial charge in [-0.05, 0) is 37.8 Å². The van der Waals surface area contributed by atoms with Crippen LogP contribution in [0.4, 0.5) is 0 Å². The minimum Gasteiger partial charge on any atom is -0.493 e. The zero-order valence-electron chi connectivity index (χ0n) is 10.8. The number of hydrogen-bond acceptors (Lipinski definition) is 4. The second-order valence-corrected chi connectivity index (χ2v) is 3.77. The van der Waals surface area contributed by atoms with E-state index in [1.807, 2.05) is 19.1 Å². The Labute approximate surface area is 102 Å². The van der Waals surface area contributed by atoms with E-state index in [1.54, 1.807) is 21.3 Å². The molecule has 0 bridgehead atoms. The third-order valence-corrected chi connectivity index (χ3v) is 2.57. The largest absolute Gasteiger partial charge is 0.493 e. The Morgan fingerprint density at radius 3 is 2.00 bits per heavy atom. The number of ether oxygens (including phenoxy) is 3. The van der Waals surface area contributed by atoms with Crippen molar-refractivity contribution < 1.29 is 14.2 Å². The molecule has 0 aliphatic rings. The Hall–Kier alpha value is -1.71. The van der Waals surface area contributed by atoms with Crippen LogP contribution in [0, 0.1) is 0 Å². The van der Waals surface area contributed by atoms with Crippen molar-refractivity contribution in [3.05, 3.63) is 17.7 Å². The van der Waals surface area contributed by atoms with Gasteiger partial charge in [0, 0.05) is 0 Å². The van der Waals surface area contributed by atoms with Gasteiger partial charge in [-0.3, -0.25) is 4.99 Å². The van der Waals surface area contributed by atoms with E-state index in [1.165, 1.54) is 0 Å². The first-order valence-electron chi connectivity index (χ1n) is 5.41. The highest BCUT2D eigenvalue weighted by molar-refractivity contribution is 5.54. The molecular formula is C13H19NO3. The number of hydrogen-bond donors (Lipinski definition) is 0. The lowest BCUT2D eigenvalue weighted by Crippen LogP contribution is -2.04. The zero-order valence-corrected chi connectivity index (χ0v) is 10.8. The van der Waals surface area contributed by atoms with E-state index in [9.17, 15) is 0 Å². The first-order valence-corrected chi connectivity index (χ1v) is 5.41. The van der Waals surface area contributed by atoms with Gasteiger partial charge in [0.25, 0.3) is 0 Å². The molecule has 17 heavy (non-hydrogen) atoms. The molecule has 0 saturated carbocycles. The normalized spacial score (nSPS) is 11.8. The lowest BCUT2D eigenvalue weighted by atomic mass is 10.1. The van der Waals surface area contributed by atoms with E-state index in [4.69, 9.17) is 14.2 Å². The van der Waals surface area contributed by atoms with Crippen molar-refractivity contribution in [1.29, 1.82) is 0 Å². The molecule has 4 nitrogen and oxygen atoms in total. The van der Waals surface area contributed by atoms with Crippen LogP contribution in [0.2, 0.25) is 0 Å². The van der Waals surface area contributed by atoms with Crippen molar-refractivity contribution >= 4 is 6.72 Å². The molecule has 0 fully saturated rings. The third kappa shape index (κ3) is 3.12. The average molecular weight is 237 g/mol. The highest BCUT2D eigenvalue weighted by Crippen LogP contribution is 2.38. The maximum Gasteiger partial charge on any atom is 0.203 e. The Kier molecular flexibility index (Phi) is 4.82. The number of rotatable bonds is 6. The number of benzene rings is 1. The smallest absolute Gasteiger partial charge is 0.203 e. The van der Waals surface area contributed by atoms with E-state index in [-0.39, 0.29) is 6.04 Å². The van der Waals surface area contributed by atoms with Gasteiger partial charge < -0.3 is 14.2 Å². The van der Waals surface area contributed by atoms with Gasteiger partial charge in [0.05, 0.1) is 27.4 Å². The Morgan fingerprint density at radius 1 is 1.12 bits per heavy atom. The Balaban J connectivity index is 3.12. The summed E-state index contributed by atoms with van der Waals surface area (Å²) in [6.07, 6.45) is 0.792. The number of methoxy groups -OCH3 is 3. The highest BCUT2D eigenvalue weighted by atomic mass is 16.5. The molecule has 1 aromatic carbocycles. The van der Waals surface area contributed by atoms with Crippen molar-refractivity contribution in [3.63, 3.8) is 0 Å². The molecule has 1 unspecified atom stereocenters. The van der Waals surface area contributed by atoms with E-state index in [0.717, 1.165) is 12.0 Å². The fraction of sp³-hybridized carbons (Fsp3) is 0.462. The first kappa shape index (κ1) is 13.4. The van der Waals surface area contributed by atoms with Gasteiger partial charge in [-0.15, -0.1) is 0 Å². The predicted octanol–water partition coefficient (Wildman–Crippen LogP) is 2.34. The molecule has 94 valence electrons. The number of nitrogens with zero attached hydrogens (tertiary/aromatic N) is 1. The van der Waals surface area contributed by atoms with E-state index in [2.05, 4.69) is 11.7 Å². The van der Waals surface area contributed by atoms with Gasteiger partial charge in [-0.1, -0.05) is 0 Å². The third-order valence-electron chi connectivity index (χ3n) is 2.57. The fourth-order valence-corrected chi connectivity index (χ4v) is 1.66. The summed E-state index contributed by atoms with van der Waals surface area (Å²) in [5.74, 6) is 1.94. The molecule has 0 saturated heterocycles. The lowest BCUT2D eigenvalue weighted by molar-refractivity contribution is 0.323. The molecule has 1 rings (SSSR count). The standard InChI is InChI=1S/C13H19NO3/c1-9(14-2)6-10-7-11(15-3)13(17-5)12(8-10)16-4/h7-9H,2,6H2,1,3-5H3. The summed E-state index contributed by atoms with van der Waals surface area (Å²) >= 11 is 0. The maximum atomic E-state index is 5.28. The molecule has 4 heteroatoms. The molecule has 1 aromatic rings. The first-order chi connectivity index (χ1) is 8.15. The summed E-state index contributed by atoms with van der Waals surface area (Å²) in [5, 5.41) is 0. The zero-order chi connectivity index (χ0) is 12.8. The van der Waals surface area contributed by atoms with Crippen LogP contribution in [0.5, 0.6) is 17.2 Å². The molecule has 0 aliphatic heterocycles. The number of aliphatic imine (C=N–C) groups is 1. The summed E-state index contributed by atoms with van der Waals surface area (Å²) in [4.78, 5) is 3.97. The second-order valence-electron chi connectivity index (χ2n) is 3.77. The van der Waals surface area contributed by atoms with Crippen LogP contribution >= 0.6 is 0 Å². The molecule has 0 N–H and O–H groups in total. The summed E-state index contributed by atoms with van der Waals surface area (Å²) in [7, 11) is 4.81. The van der Waals surface area contributed by atoms with E-state index >= 15 is 0 Å². The maximum absolute atomic E-state index is 5.28. The Bertz CT molecular complexity index is 365. The predicted molar refractivity (Wildman–Crippen MR) is 68.8 cm³/mol. The topological polar surface area (TPSA) is 40.0 Å². The van der Waals surface area contributed by atoms with Crippen molar-refractivity contribution in [2.24, 2.45) is 4.99 Å². The van der Waals surface area contributed by atoms with E-state index < -0.39 is 0 Å². The van der Waals surface area contributed by atoms with Crippen LogP contribution in [0.25, 0.3) is 0 Å². The lowest BCUT2D eigenvalue weighted by Gasteiger charge is -2.14. The summed E-state index contributed by atoms with van der Waals surface area (Å²) in [5.41, 5.74) is 1.08. The van der Waals surface area contributed by atoms with Crippen molar-refractivity contribution in [3.8, 4) is 17.2 Å². The highest BCUT2D eigenvalue weighted by Gasteiger charge is 2.13. The average Bonchev–Trinajstić information content (AvgIpc) is 2.37. The van der Waals surface area contributed by atoms with Gasteiger partial charge >= 0.3 is 0 Å². The summed E-state index contributed by atoms with van der Waals surface area (Å²) in [6.45, 7) is 5.55. The minimum absolute atomic E-state index is 0.165. The van der Waals surface area contributed by atoms with Gasteiger partial charge in [0.15, 0.2) is 11.5 Å². The van der Waals surface area contributed by atoms with Crippen molar-refractivity contribution in [2.75, 3.05) is 21.3 Å². The van der Waals surface area contributed by atoms with Crippen LogP contribution in [-0.4, -0.2) is 34.1 Å². The van der Waals surface area contributed by atoms with Crippen LogP contribution in [0.15, 0.2) is 17.1 Å². The van der Waals surface area contributed by atoms with Crippen molar-refractivity contribution in [1.82, 2.24) is 0 Å². The minimum atomic E-state index is 0.165. The van der Waals surface area contributed by atoms with Gasteiger partial charge in [-0.2, -0.15) is 0 Å². The van der Waals surface area contributed by atoms with Crippen LogP contribution in [0.3, 0.4) is 0 Å². The van der Waals surface area contributed by atoms with Crippen molar-refractivity contribution in [2.45, 2.75) is 19.4 Å². The SMILES string of the molecule is C=NC(C)Cc1cc(OC)c(OC)c(OC)c1. The van der Waals surface area contributed by atoms with Gasteiger partial charge in [0.1, 0.15) is 0 Å². The molecule has 0 aliphatic carbocycles. The fourth-order valence-electron chi connectivity index (χ4n) is 1.66. The second kappa shape index (κ2) is 6.13. The van der Waals surface area contributed by atoms with Crippen LogP contribution in [0.1, 0.15) is 12.5 Å². The van der Waals surface area contributed by atoms with E-state index in [0.29, 0.717) is 17.2 Å². The molecule has 0 radical (unpaired) electrons. The Morgan fingerprint density at radius 2 is 1.65 bits per heavy atom. The molecule has 0 heterocycles. The van der Waals surface area contributed by atoms with Gasteiger partial charge in [-0.25, -0.2) is 0 Å². The summed E-state index contributed by atoms with van der Waals surface area (Å²) < 4.78 is 15.8. The quantitative estimate of drug-likeness (QED) is 0.713. The molecule has 1 atom stereocenters. The summed E-state index contributed by atoms with van der Waals surface area (Å²) in [6, 6.07) is 4.03. The molecule has 0 spiro atoms. The molecule has 0 aromatic heterocycles. The van der Waals surface area contributed by atoms with Crippen LogP contribution < -0.4 is 14.2 Å². The van der Waals surface area contributed by atoms with Gasteiger partial charge in [0.2, 0.25) is 5.75 Å². The molecule has 0 amide bonds.